The number of H-pyrrole nitrogens is 1. The predicted molar refractivity (Wildman–Crippen MR) is 162 cm³/mol. The lowest BCUT2D eigenvalue weighted by atomic mass is 9.93. The summed E-state index contributed by atoms with van der Waals surface area (Å²) in [7, 11) is 3.91. The van der Waals surface area contributed by atoms with Crippen molar-refractivity contribution < 1.29 is 9.53 Å². The van der Waals surface area contributed by atoms with E-state index in [4.69, 9.17) is 9.72 Å². The molecule has 2 unspecified atom stereocenters. The van der Waals surface area contributed by atoms with Crippen molar-refractivity contribution in [1.82, 2.24) is 19.9 Å². The minimum atomic E-state index is -0.156. The number of benzene rings is 2. The number of anilines is 2. The van der Waals surface area contributed by atoms with Crippen molar-refractivity contribution in [2.75, 3.05) is 31.3 Å². The molecule has 210 valence electrons. The smallest absolute Gasteiger partial charge is 0.248 e. The zero-order chi connectivity index (χ0) is 28.8. The molecular formula is C32H35N7O2. The van der Waals surface area contributed by atoms with E-state index in [9.17, 15) is 10.1 Å². The van der Waals surface area contributed by atoms with E-state index in [0.29, 0.717) is 18.2 Å². The normalized spacial score (nSPS) is 17.0. The maximum Gasteiger partial charge on any atom is 0.248 e. The molecule has 1 amide bonds. The molecule has 2 heterocycles. The summed E-state index contributed by atoms with van der Waals surface area (Å²) in [6, 6.07) is 17.8. The van der Waals surface area contributed by atoms with Gasteiger partial charge < -0.3 is 25.3 Å². The number of nitrogens with zero attached hydrogens (tertiary/aromatic N) is 4. The number of hydrogen-bond acceptors (Lipinski definition) is 7. The molecule has 0 bridgehead atoms. The third-order valence-corrected chi connectivity index (χ3v) is 7.15. The van der Waals surface area contributed by atoms with Crippen molar-refractivity contribution >= 4 is 28.4 Å². The Labute approximate surface area is 240 Å². The number of carbonyl (C=O) groups is 1. The summed E-state index contributed by atoms with van der Waals surface area (Å²) in [5, 5.41) is 17.1. The molecule has 3 N–H and O–H groups in total. The third-order valence-electron chi connectivity index (χ3n) is 7.15. The summed E-state index contributed by atoms with van der Waals surface area (Å²) in [6.45, 7) is 2.67. The summed E-state index contributed by atoms with van der Waals surface area (Å²) in [6.07, 6.45) is 9.04. The van der Waals surface area contributed by atoms with E-state index in [-0.39, 0.29) is 18.1 Å². The molecule has 1 saturated carbocycles. The Morgan fingerprint density at radius 3 is 2.78 bits per heavy atom. The van der Waals surface area contributed by atoms with Crippen molar-refractivity contribution in [3.63, 3.8) is 0 Å². The number of nitriles is 1. The Hall–Kier alpha value is -4.68. The summed E-state index contributed by atoms with van der Waals surface area (Å²) in [5.41, 5.74) is 4.59. The molecule has 0 radical (unpaired) electrons. The number of para-hydroxylation sites is 1. The largest absolute Gasteiger partial charge is 0.490 e. The molecule has 5 rings (SSSR count). The number of hydrogen-bond donors (Lipinski definition) is 3. The molecule has 1 aliphatic carbocycles. The Morgan fingerprint density at radius 1 is 1.20 bits per heavy atom. The Kier molecular flexibility index (Phi) is 8.61. The lowest BCUT2D eigenvalue weighted by Crippen LogP contribution is -2.33. The average Bonchev–Trinajstić information content (AvgIpc) is 3.34. The van der Waals surface area contributed by atoms with Crippen LogP contribution in [0.2, 0.25) is 0 Å². The lowest BCUT2D eigenvalue weighted by Gasteiger charge is -2.30. The van der Waals surface area contributed by atoms with Crippen LogP contribution in [-0.2, 0) is 4.79 Å². The molecule has 9 heteroatoms. The standard InChI is InChI=1S/C32H35N7O2/c1-21-20-34-32(38-31(21)30-26-10-4-5-11-27(26)37-28(30)19-33)36-23-8-6-9-25(18-23)41-24-15-13-22(14-16-24)35-29(40)12-7-17-39(2)3/h4-5,7,10-16,20,23,25,37H,6,8-9,17-18H2,1-3H3,(H,35,40)(H,34,36,38)/b12-7+. The van der Waals surface area contributed by atoms with Crippen LogP contribution in [0.15, 0.2) is 66.9 Å². The summed E-state index contributed by atoms with van der Waals surface area (Å²) in [4.78, 5) is 26.7. The van der Waals surface area contributed by atoms with Crippen LogP contribution in [0.1, 0.15) is 36.9 Å². The highest BCUT2D eigenvalue weighted by molar-refractivity contribution is 5.99. The molecule has 0 saturated heterocycles. The van der Waals surface area contributed by atoms with E-state index < -0.39 is 0 Å². The van der Waals surface area contributed by atoms with E-state index in [1.807, 2.05) is 86.7 Å². The summed E-state index contributed by atoms with van der Waals surface area (Å²) >= 11 is 0. The third kappa shape index (κ3) is 6.91. The molecule has 1 aliphatic rings. The fraction of sp³-hybridized carbons (Fsp3) is 0.312. The average molecular weight is 550 g/mol. The van der Waals surface area contributed by atoms with Gasteiger partial charge in [0.15, 0.2) is 0 Å². The highest BCUT2D eigenvalue weighted by Gasteiger charge is 2.25. The minimum absolute atomic E-state index is 0.0550. The molecule has 0 aliphatic heterocycles. The van der Waals surface area contributed by atoms with Crippen LogP contribution in [0.4, 0.5) is 11.6 Å². The van der Waals surface area contributed by atoms with Gasteiger partial charge in [0, 0.05) is 53.4 Å². The van der Waals surface area contributed by atoms with Gasteiger partial charge in [-0.2, -0.15) is 5.26 Å². The SMILES string of the molecule is Cc1cnc(NC2CCCC(Oc3ccc(NC(=O)/C=C/CN(C)C)cc3)C2)nc1-c1c(C#N)[nH]c2ccccc12. The van der Waals surface area contributed by atoms with Crippen LogP contribution in [0.3, 0.4) is 0 Å². The zero-order valence-corrected chi connectivity index (χ0v) is 23.6. The van der Waals surface area contributed by atoms with Crippen LogP contribution in [0, 0.1) is 18.3 Å². The number of amides is 1. The van der Waals surface area contributed by atoms with E-state index in [0.717, 1.165) is 64.8 Å². The number of rotatable bonds is 9. The van der Waals surface area contributed by atoms with E-state index in [2.05, 4.69) is 26.7 Å². The molecule has 2 atom stereocenters. The van der Waals surface area contributed by atoms with E-state index in [1.165, 1.54) is 0 Å². The summed E-state index contributed by atoms with van der Waals surface area (Å²) < 4.78 is 6.30. The van der Waals surface area contributed by atoms with Gasteiger partial charge in [0.1, 0.15) is 23.6 Å². The lowest BCUT2D eigenvalue weighted by molar-refractivity contribution is -0.111. The van der Waals surface area contributed by atoms with Gasteiger partial charge in [-0.25, -0.2) is 9.97 Å². The molecule has 2 aromatic carbocycles. The van der Waals surface area contributed by atoms with Gasteiger partial charge in [0.2, 0.25) is 11.9 Å². The van der Waals surface area contributed by atoms with Gasteiger partial charge in [-0.1, -0.05) is 24.3 Å². The zero-order valence-electron chi connectivity index (χ0n) is 23.6. The second-order valence-electron chi connectivity index (χ2n) is 10.7. The number of likely N-dealkylation sites (N-methyl/N-ethyl adjacent to an activating group) is 1. The number of aromatic amines is 1. The molecule has 2 aromatic heterocycles. The van der Waals surface area contributed by atoms with Crippen LogP contribution in [-0.4, -0.2) is 58.5 Å². The topological polar surface area (TPSA) is 119 Å². The quantitative estimate of drug-likeness (QED) is 0.230. The highest BCUT2D eigenvalue weighted by Crippen LogP contribution is 2.33. The van der Waals surface area contributed by atoms with Crippen molar-refractivity contribution in [2.24, 2.45) is 0 Å². The van der Waals surface area contributed by atoms with E-state index >= 15 is 0 Å². The number of nitrogens with one attached hydrogen (secondary N) is 3. The van der Waals surface area contributed by atoms with Gasteiger partial charge in [0.25, 0.3) is 0 Å². The van der Waals surface area contributed by atoms with Crippen molar-refractivity contribution in [2.45, 2.75) is 44.8 Å². The first kappa shape index (κ1) is 27.9. The van der Waals surface area contributed by atoms with Crippen LogP contribution < -0.4 is 15.4 Å². The fourth-order valence-corrected chi connectivity index (χ4v) is 5.17. The van der Waals surface area contributed by atoms with Gasteiger partial charge in [-0.3, -0.25) is 4.79 Å². The van der Waals surface area contributed by atoms with Crippen LogP contribution in [0.25, 0.3) is 22.2 Å². The van der Waals surface area contributed by atoms with Crippen molar-refractivity contribution in [1.29, 1.82) is 5.26 Å². The van der Waals surface area contributed by atoms with Crippen LogP contribution >= 0.6 is 0 Å². The van der Waals surface area contributed by atoms with Gasteiger partial charge in [-0.05, 0) is 76.2 Å². The van der Waals surface area contributed by atoms with Gasteiger partial charge in [0.05, 0.1) is 5.69 Å². The Bertz CT molecular complexity index is 1580. The molecule has 0 spiro atoms. The number of ether oxygens (including phenoxy) is 1. The second-order valence-corrected chi connectivity index (χ2v) is 10.7. The van der Waals surface area contributed by atoms with Crippen molar-refractivity contribution in [3.8, 4) is 23.1 Å². The fourth-order valence-electron chi connectivity index (χ4n) is 5.17. The summed E-state index contributed by atoms with van der Waals surface area (Å²) in [5.74, 6) is 1.16. The van der Waals surface area contributed by atoms with E-state index in [1.54, 1.807) is 6.08 Å². The molecule has 41 heavy (non-hydrogen) atoms. The number of fused-ring (bicyclic) bond motifs is 1. The molecule has 1 fully saturated rings. The molecule has 9 nitrogen and oxygen atoms in total. The van der Waals surface area contributed by atoms with Crippen LogP contribution in [0.5, 0.6) is 5.75 Å². The maximum absolute atomic E-state index is 12.1. The second kappa shape index (κ2) is 12.7. The van der Waals surface area contributed by atoms with Gasteiger partial charge >= 0.3 is 0 Å². The first-order valence-corrected chi connectivity index (χ1v) is 13.9. The predicted octanol–water partition coefficient (Wildman–Crippen LogP) is 5.66. The Morgan fingerprint density at radius 2 is 2.00 bits per heavy atom. The van der Waals surface area contributed by atoms with Crippen molar-refractivity contribution in [3.05, 3.63) is 78.1 Å². The monoisotopic (exact) mass is 549 g/mol. The highest BCUT2D eigenvalue weighted by atomic mass is 16.5. The molecule has 4 aromatic rings. The Balaban J connectivity index is 1.22. The van der Waals surface area contributed by atoms with Gasteiger partial charge in [-0.15, -0.1) is 0 Å². The first-order chi connectivity index (χ1) is 19.9. The molecular weight excluding hydrogens is 514 g/mol. The minimum Gasteiger partial charge on any atom is -0.490 e. The number of aromatic nitrogens is 3. The maximum atomic E-state index is 12.1. The first-order valence-electron chi connectivity index (χ1n) is 13.9. The number of aryl methyl sites for hydroxylation is 1. The number of carbonyl (C=O) groups excluding carboxylic acids is 1.